The maximum absolute atomic E-state index is 12.7. The van der Waals surface area contributed by atoms with E-state index in [9.17, 15) is 34.9 Å². The molecule has 12 heteroatoms. The highest BCUT2D eigenvalue weighted by atomic mass is 16.6. The van der Waals surface area contributed by atoms with Gasteiger partial charge < -0.3 is 10.4 Å². The Morgan fingerprint density at radius 3 is 2.41 bits per heavy atom. The van der Waals surface area contributed by atoms with E-state index in [1.165, 1.54) is 0 Å². The number of carbonyl (C=O) groups is 2. The molecule has 1 aromatic carbocycles. The number of hydrogen-bond acceptors (Lipinski definition) is 7. The molecule has 39 heavy (non-hydrogen) atoms. The number of nitro benzene ring substituents is 2. The molecule has 2 amide bonds. The molecule has 0 aromatic heterocycles. The van der Waals surface area contributed by atoms with Crippen LogP contribution in [0.4, 0.5) is 21.9 Å². The van der Waals surface area contributed by atoms with Crippen LogP contribution in [-0.2, 0) is 4.79 Å². The zero-order chi connectivity index (χ0) is 28.4. The third-order valence-corrected chi connectivity index (χ3v) is 10.8. The second-order valence-corrected chi connectivity index (χ2v) is 12.9. The van der Waals surface area contributed by atoms with Gasteiger partial charge in [-0.05, 0) is 87.0 Å². The molecule has 0 radical (unpaired) electrons. The Morgan fingerprint density at radius 2 is 1.74 bits per heavy atom. The molecule has 6 atom stereocenters. The normalized spacial score (nSPS) is 37.9. The summed E-state index contributed by atoms with van der Waals surface area (Å²) in [5.74, 6) is -0.161. The predicted octanol–water partition coefficient (Wildman–Crippen LogP) is 5.87. The number of amides is 2. The molecular formula is C27H35N5O7. The van der Waals surface area contributed by atoms with Crippen LogP contribution in [0.3, 0.4) is 0 Å². The van der Waals surface area contributed by atoms with Crippen LogP contribution in [-0.4, -0.2) is 32.7 Å². The summed E-state index contributed by atoms with van der Waals surface area (Å²) in [6.45, 7) is 6.42. The Balaban J connectivity index is 1.35. The highest BCUT2D eigenvalue weighted by molar-refractivity contribution is 5.96. The van der Waals surface area contributed by atoms with Crippen LogP contribution in [0, 0.1) is 53.7 Å². The van der Waals surface area contributed by atoms with Gasteiger partial charge in [0.2, 0.25) is 0 Å². The minimum Gasteiger partial charge on any atom is -0.481 e. The van der Waals surface area contributed by atoms with Crippen molar-refractivity contribution in [2.75, 3.05) is 5.32 Å². The molecule has 2 bridgehead atoms. The molecule has 1 spiro atoms. The summed E-state index contributed by atoms with van der Waals surface area (Å²) in [7, 11) is 0. The van der Waals surface area contributed by atoms with E-state index in [1.807, 2.05) is 6.92 Å². The van der Waals surface area contributed by atoms with Gasteiger partial charge in [0.25, 0.3) is 11.4 Å². The average Bonchev–Trinajstić information content (AvgIpc) is 3.06. The van der Waals surface area contributed by atoms with Crippen LogP contribution >= 0.6 is 0 Å². The SMILES string of the molecule is C[C@@]12CC[C@@H]3[C@@](CC[C@H]4[C@@]3(C)CCC[C@@]4(C)C(=O)O)(C/C1=N\NC(=O)Nc1ccc([N+](=O)[O-])cc1[N+](=O)[O-])C2. The van der Waals surface area contributed by atoms with E-state index in [0.717, 1.165) is 81.7 Å². The maximum atomic E-state index is 12.7. The van der Waals surface area contributed by atoms with E-state index >= 15 is 0 Å². The number of rotatable bonds is 5. The van der Waals surface area contributed by atoms with Crippen molar-refractivity contribution in [3.05, 3.63) is 38.4 Å². The fraction of sp³-hybridized carbons (Fsp3) is 0.667. The molecule has 4 aliphatic carbocycles. The van der Waals surface area contributed by atoms with E-state index in [4.69, 9.17) is 0 Å². The zero-order valence-corrected chi connectivity index (χ0v) is 22.5. The minimum atomic E-state index is -0.785. The Labute approximate surface area is 225 Å². The highest BCUT2D eigenvalue weighted by Crippen LogP contribution is 2.73. The molecule has 0 heterocycles. The van der Waals surface area contributed by atoms with E-state index in [2.05, 4.69) is 29.7 Å². The van der Waals surface area contributed by atoms with Gasteiger partial charge in [0.1, 0.15) is 5.69 Å². The zero-order valence-electron chi connectivity index (χ0n) is 22.5. The number of nitrogens with zero attached hydrogens (tertiary/aromatic N) is 3. The number of nitro groups is 2. The number of aliphatic carboxylic acids is 1. The van der Waals surface area contributed by atoms with E-state index < -0.39 is 38.6 Å². The van der Waals surface area contributed by atoms with Crippen LogP contribution in [0.15, 0.2) is 23.3 Å². The summed E-state index contributed by atoms with van der Waals surface area (Å²) < 4.78 is 0. The van der Waals surface area contributed by atoms with Gasteiger partial charge >= 0.3 is 12.0 Å². The van der Waals surface area contributed by atoms with Crippen molar-refractivity contribution in [3.8, 4) is 0 Å². The quantitative estimate of drug-likeness (QED) is 0.308. The Kier molecular flexibility index (Phi) is 6.23. The number of carboxylic acids is 1. The van der Waals surface area contributed by atoms with Crippen LogP contribution < -0.4 is 10.7 Å². The fourth-order valence-electron chi connectivity index (χ4n) is 9.12. The second kappa shape index (κ2) is 8.99. The Hall–Kier alpha value is -3.57. The highest BCUT2D eigenvalue weighted by Gasteiger charge is 2.67. The maximum Gasteiger partial charge on any atom is 0.339 e. The third kappa shape index (κ3) is 4.15. The standard InChI is InChI=1S/C27H35N5O7/c1-24-11-7-20-25(2)9-4-10-26(3,22(33)34)19(25)8-12-27(20,15-24)14-21(24)29-30-23(35)28-17-6-5-16(31(36)37)13-18(17)32(38)39/h5-6,13,19-20H,4,7-12,14-15H2,1-3H3,(H,33,34)(H2,28,30,35)/b29-21+/t19-,20-,24-,25+,26+,27-/m0/s1. The van der Waals surface area contributed by atoms with Crippen molar-refractivity contribution >= 4 is 34.8 Å². The molecule has 0 saturated heterocycles. The first-order valence-corrected chi connectivity index (χ1v) is 13.5. The Bertz CT molecular complexity index is 1300. The van der Waals surface area contributed by atoms with Gasteiger partial charge in [0, 0.05) is 17.2 Å². The molecule has 4 saturated carbocycles. The smallest absolute Gasteiger partial charge is 0.339 e. The monoisotopic (exact) mass is 541 g/mol. The molecule has 0 unspecified atom stereocenters. The molecule has 3 N–H and O–H groups in total. The largest absolute Gasteiger partial charge is 0.481 e. The van der Waals surface area contributed by atoms with E-state index in [0.29, 0.717) is 5.92 Å². The number of nitrogens with one attached hydrogen (secondary N) is 2. The fourth-order valence-corrected chi connectivity index (χ4v) is 9.12. The van der Waals surface area contributed by atoms with Crippen molar-refractivity contribution in [3.63, 3.8) is 0 Å². The van der Waals surface area contributed by atoms with Crippen LogP contribution in [0.5, 0.6) is 0 Å². The second-order valence-electron chi connectivity index (χ2n) is 12.9. The molecule has 1 aromatic rings. The van der Waals surface area contributed by atoms with Crippen LogP contribution in [0.25, 0.3) is 0 Å². The van der Waals surface area contributed by atoms with Crippen LogP contribution in [0.1, 0.15) is 78.6 Å². The van der Waals surface area contributed by atoms with Crippen molar-refractivity contribution in [2.45, 2.75) is 78.6 Å². The first-order valence-electron chi connectivity index (χ1n) is 13.5. The van der Waals surface area contributed by atoms with Gasteiger partial charge in [0.15, 0.2) is 0 Å². The summed E-state index contributed by atoms with van der Waals surface area (Å²) in [5.41, 5.74) is 1.29. The predicted molar refractivity (Wildman–Crippen MR) is 142 cm³/mol. The first-order chi connectivity index (χ1) is 18.2. The van der Waals surface area contributed by atoms with Crippen molar-refractivity contribution < 1.29 is 24.5 Å². The number of hydrogen-bond donors (Lipinski definition) is 3. The van der Waals surface area contributed by atoms with Crippen molar-refractivity contribution in [1.82, 2.24) is 5.43 Å². The van der Waals surface area contributed by atoms with Crippen molar-refractivity contribution in [2.24, 2.45) is 38.6 Å². The van der Waals surface area contributed by atoms with Crippen LogP contribution in [0.2, 0.25) is 0 Å². The number of anilines is 1. The molecular weight excluding hydrogens is 506 g/mol. The number of carboxylic acid groups (broad SMARTS) is 1. The molecule has 4 aliphatic rings. The summed E-state index contributed by atoms with van der Waals surface area (Å²) >= 11 is 0. The minimum absolute atomic E-state index is 0.0170. The summed E-state index contributed by atoms with van der Waals surface area (Å²) in [6.07, 6.45) is 8.07. The number of urea groups is 1. The average molecular weight is 542 g/mol. The van der Waals surface area contributed by atoms with E-state index in [-0.39, 0.29) is 27.9 Å². The molecule has 4 fully saturated rings. The lowest BCUT2D eigenvalue weighted by molar-refractivity contribution is -0.393. The molecule has 0 aliphatic heterocycles. The summed E-state index contributed by atoms with van der Waals surface area (Å²) in [5, 5.41) is 39.4. The van der Waals surface area contributed by atoms with Gasteiger partial charge in [-0.15, -0.1) is 0 Å². The number of benzene rings is 1. The third-order valence-electron chi connectivity index (χ3n) is 10.8. The first kappa shape index (κ1) is 27.0. The number of carbonyl (C=O) groups excluding carboxylic acids is 1. The van der Waals surface area contributed by atoms with Gasteiger partial charge in [0.05, 0.1) is 21.3 Å². The van der Waals surface area contributed by atoms with E-state index in [1.54, 1.807) is 0 Å². The number of non-ortho nitro benzene ring substituents is 1. The lowest BCUT2D eigenvalue weighted by atomic mass is 9.40. The number of fused-ring (bicyclic) bond motifs is 3. The summed E-state index contributed by atoms with van der Waals surface area (Å²) in [4.78, 5) is 45.9. The molecule has 210 valence electrons. The molecule has 12 nitrogen and oxygen atoms in total. The molecule has 5 rings (SSSR count). The van der Waals surface area contributed by atoms with Gasteiger partial charge in [-0.3, -0.25) is 25.0 Å². The lowest BCUT2D eigenvalue weighted by Crippen LogP contribution is -2.58. The Morgan fingerprint density at radius 1 is 1.03 bits per heavy atom. The van der Waals surface area contributed by atoms with Gasteiger partial charge in [-0.1, -0.05) is 20.3 Å². The topological polar surface area (TPSA) is 177 Å². The van der Waals surface area contributed by atoms with Gasteiger partial charge in [-0.2, -0.15) is 5.10 Å². The number of hydrazone groups is 1. The lowest BCUT2D eigenvalue weighted by Gasteiger charge is -2.63. The summed E-state index contributed by atoms with van der Waals surface area (Å²) in [6, 6.07) is 2.26. The van der Waals surface area contributed by atoms with Crippen molar-refractivity contribution in [1.29, 1.82) is 0 Å². The van der Waals surface area contributed by atoms with Gasteiger partial charge in [-0.25, -0.2) is 10.2 Å².